The van der Waals surface area contributed by atoms with Crippen LogP contribution in [-0.2, 0) is 22.7 Å². The predicted molar refractivity (Wildman–Crippen MR) is 238 cm³/mol. The summed E-state index contributed by atoms with van der Waals surface area (Å²) in [6, 6.07) is 17.9. The Morgan fingerprint density at radius 2 is 0.648 bits per heavy atom. The summed E-state index contributed by atoms with van der Waals surface area (Å²) in [6.45, 7) is 19.1. The Hall–Kier alpha value is -1.72. The highest BCUT2D eigenvalue weighted by Gasteiger charge is 2.08. The molecule has 0 radical (unpaired) electrons. The third-order valence-electron chi connectivity index (χ3n) is 11.1. The van der Waals surface area contributed by atoms with Crippen molar-refractivity contribution < 1.29 is 9.47 Å². The Morgan fingerprint density at radius 3 is 0.963 bits per heavy atom. The minimum atomic E-state index is 0.673. The summed E-state index contributed by atoms with van der Waals surface area (Å²) >= 11 is 0. The van der Waals surface area contributed by atoms with E-state index in [0.717, 1.165) is 26.3 Å². The Labute approximate surface area is 336 Å². The lowest BCUT2D eigenvalue weighted by Gasteiger charge is -2.22. The smallest absolute Gasteiger partial charge is 0.0717 e. The van der Waals surface area contributed by atoms with Crippen molar-refractivity contribution in [2.75, 3.05) is 52.5 Å². The largest absolute Gasteiger partial charge is 0.375 e. The number of unbranched alkanes of at least 4 members (excludes halogenated alkanes) is 20. The lowest BCUT2D eigenvalue weighted by atomic mass is 10.0. The van der Waals surface area contributed by atoms with Crippen LogP contribution in [0.25, 0.3) is 11.1 Å². The Balaban J connectivity index is 1.80. The fourth-order valence-electron chi connectivity index (χ4n) is 7.58. The first-order valence-corrected chi connectivity index (χ1v) is 23.5. The van der Waals surface area contributed by atoms with E-state index in [1.165, 1.54) is 203 Å². The van der Waals surface area contributed by atoms with E-state index in [9.17, 15) is 0 Å². The molecular formula is C50H88N2O2. The monoisotopic (exact) mass is 749 g/mol. The average molecular weight is 749 g/mol. The molecular weight excluding hydrogens is 661 g/mol. The SMILES string of the molecule is CCCCCCCCN(CCCCCCCC)CCOCc1cccc(-c2cccc(COCCN(CCCCCCCC)CCCCCCCC)c2)c1. The van der Waals surface area contributed by atoms with Crippen molar-refractivity contribution in [3.63, 3.8) is 0 Å². The molecule has 0 aliphatic rings. The fraction of sp³-hybridized carbons (Fsp3) is 0.760. The van der Waals surface area contributed by atoms with Gasteiger partial charge in [0.1, 0.15) is 0 Å². The highest BCUT2D eigenvalue weighted by molar-refractivity contribution is 5.64. The summed E-state index contributed by atoms with van der Waals surface area (Å²) < 4.78 is 12.6. The molecule has 0 bridgehead atoms. The molecule has 54 heavy (non-hydrogen) atoms. The second kappa shape index (κ2) is 35.7. The normalized spacial score (nSPS) is 11.7. The van der Waals surface area contributed by atoms with Crippen LogP contribution in [0, 0.1) is 0 Å². The number of hydrogen-bond acceptors (Lipinski definition) is 4. The molecule has 0 amide bonds. The maximum atomic E-state index is 6.30. The maximum Gasteiger partial charge on any atom is 0.0717 e. The van der Waals surface area contributed by atoms with Crippen molar-refractivity contribution >= 4 is 0 Å². The van der Waals surface area contributed by atoms with Crippen molar-refractivity contribution in [2.24, 2.45) is 0 Å². The summed E-state index contributed by atoms with van der Waals surface area (Å²) in [5, 5.41) is 0. The van der Waals surface area contributed by atoms with Gasteiger partial charge in [0.25, 0.3) is 0 Å². The summed E-state index contributed by atoms with van der Waals surface area (Å²) in [6.07, 6.45) is 32.7. The van der Waals surface area contributed by atoms with E-state index in [2.05, 4.69) is 86.0 Å². The fourth-order valence-corrected chi connectivity index (χ4v) is 7.58. The predicted octanol–water partition coefficient (Wildman–Crippen LogP) is 14.4. The van der Waals surface area contributed by atoms with E-state index in [0.29, 0.717) is 13.2 Å². The molecule has 0 fully saturated rings. The van der Waals surface area contributed by atoms with Gasteiger partial charge in [-0.25, -0.2) is 0 Å². The van der Waals surface area contributed by atoms with Gasteiger partial charge >= 0.3 is 0 Å². The van der Waals surface area contributed by atoms with Crippen LogP contribution < -0.4 is 0 Å². The lowest BCUT2D eigenvalue weighted by molar-refractivity contribution is 0.0911. The van der Waals surface area contributed by atoms with Gasteiger partial charge in [-0.15, -0.1) is 0 Å². The van der Waals surface area contributed by atoms with Crippen molar-refractivity contribution in [1.82, 2.24) is 9.80 Å². The van der Waals surface area contributed by atoms with E-state index in [1.807, 2.05) is 0 Å². The minimum Gasteiger partial charge on any atom is -0.375 e. The van der Waals surface area contributed by atoms with Gasteiger partial charge in [-0.2, -0.15) is 0 Å². The molecule has 2 rings (SSSR count). The van der Waals surface area contributed by atoms with Gasteiger partial charge in [0.05, 0.1) is 26.4 Å². The molecule has 0 saturated heterocycles. The molecule has 0 saturated carbocycles. The average Bonchev–Trinajstić information content (AvgIpc) is 3.19. The molecule has 2 aromatic carbocycles. The molecule has 0 aliphatic heterocycles. The van der Waals surface area contributed by atoms with Crippen LogP contribution in [-0.4, -0.2) is 62.3 Å². The van der Waals surface area contributed by atoms with Crippen molar-refractivity contribution in [2.45, 2.75) is 195 Å². The molecule has 0 N–H and O–H groups in total. The topological polar surface area (TPSA) is 24.9 Å². The van der Waals surface area contributed by atoms with E-state index >= 15 is 0 Å². The molecule has 4 nitrogen and oxygen atoms in total. The molecule has 0 spiro atoms. The molecule has 0 unspecified atom stereocenters. The van der Waals surface area contributed by atoms with Gasteiger partial charge in [-0.1, -0.05) is 193 Å². The Bertz CT molecular complexity index is 972. The van der Waals surface area contributed by atoms with Gasteiger partial charge < -0.3 is 19.3 Å². The third-order valence-corrected chi connectivity index (χ3v) is 11.1. The zero-order valence-corrected chi connectivity index (χ0v) is 36.4. The Morgan fingerprint density at radius 1 is 0.352 bits per heavy atom. The van der Waals surface area contributed by atoms with Crippen LogP contribution in [0.2, 0.25) is 0 Å². The molecule has 0 aliphatic carbocycles. The zero-order valence-electron chi connectivity index (χ0n) is 36.4. The standard InChI is InChI=1S/C50H88N2O2/c1-5-9-13-17-21-25-35-51(36-26-22-18-14-10-6-2)39-41-53-45-47-31-29-33-49(43-47)50-34-30-32-48(44-50)46-54-42-40-52(37-27-23-19-15-11-7-3)38-28-24-20-16-12-8-4/h29-34,43-44H,5-28,35-42,45-46H2,1-4H3. The van der Waals surface area contributed by atoms with Crippen LogP contribution in [0.5, 0.6) is 0 Å². The maximum absolute atomic E-state index is 6.30. The summed E-state index contributed by atoms with van der Waals surface area (Å²) in [5.41, 5.74) is 5.02. The summed E-state index contributed by atoms with van der Waals surface area (Å²) in [4.78, 5) is 5.35. The van der Waals surface area contributed by atoms with Crippen molar-refractivity contribution in [3.05, 3.63) is 59.7 Å². The van der Waals surface area contributed by atoms with Crippen LogP contribution in [0.15, 0.2) is 48.5 Å². The lowest BCUT2D eigenvalue weighted by Crippen LogP contribution is -2.30. The number of hydrogen-bond donors (Lipinski definition) is 0. The van der Waals surface area contributed by atoms with Crippen molar-refractivity contribution in [1.29, 1.82) is 0 Å². The van der Waals surface area contributed by atoms with E-state index in [4.69, 9.17) is 9.47 Å². The Kier molecular flexibility index (Phi) is 32.0. The molecule has 0 aromatic heterocycles. The van der Waals surface area contributed by atoms with Crippen molar-refractivity contribution in [3.8, 4) is 11.1 Å². The minimum absolute atomic E-state index is 0.673. The first kappa shape index (κ1) is 48.4. The first-order valence-electron chi connectivity index (χ1n) is 23.5. The highest BCUT2D eigenvalue weighted by atomic mass is 16.5. The van der Waals surface area contributed by atoms with Gasteiger partial charge in [-0.05, 0) is 86.2 Å². The second-order valence-electron chi connectivity index (χ2n) is 16.3. The van der Waals surface area contributed by atoms with Crippen LogP contribution >= 0.6 is 0 Å². The molecule has 4 heteroatoms. The number of benzene rings is 2. The van der Waals surface area contributed by atoms with E-state index in [-0.39, 0.29) is 0 Å². The quantitative estimate of drug-likeness (QED) is 0.0636. The van der Waals surface area contributed by atoms with Crippen LogP contribution in [0.1, 0.15) is 193 Å². The number of nitrogens with zero attached hydrogens (tertiary/aromatic N) is 2. The molecule has 0 heterocycles. The molecule has 2 aromatic rings. The highest BCUT2D eigenvalue weighted by Crippen LogP contribution is 2.23. The molecule has 0 atom stereocenters. The third kappa shape index (κ3) is 26.2. The van der Waals surface area contributed by atoms with E-state index < -0.39 is 0 Å². The van der Waals surface area contributed by atoms with Gasteiger partial charge in [-0.3, -0.25) is 0 Å². The first-order chi connectivity index (χ1) is 26.7. The second-order valence-corrected chi connectivity index (χ2v) is 16.3. The van der Waals surface area contributed by atoms with Gasteiger partial charge in [0.15, 0.2) is 0 Å². The number of rotatable bonds is 39. The number of ether oxygens (including phenoxy) is 2. The molecule has 310 valence electrons. The van der Waals surface area contributed by atoms with Crippen LogP contribution in [0.4, 0.5) is 0 Å². The summed E-state index contributed by atoms with van der Waals surface area (Å²) in [7, 11) is 0. The summed E-state index contributed by atoms with van der Waals surface area (Å²) in [5.74, 6) is 0. The zero-order chi connectivity index (χ0) is 38.6. The van der Waals surface area contributed by atoms with E-state index in [1.54, 1.807) is 0 Å². The van der Waals surface area contributed by atoms with Gasteiger partial charge in [0, 0.05) is 13.1 Å². The van der Waals surface area contributed by atoms with Crippen LogP contribution in [0.3, 0.4) is 0 Å². The van der Waals surface area contributed by atoms with Gasteiger partial charge in [0.2, 0.25) is 0 Å².